The Morgan fingerprint density at radius 1 is 1.60 bits per heavy atom. The zero-order valence-corrected chi connectivity index (χ0v) is 11.0. The summed E-state index contributed by atoms with van der Waals surface area (Å²) in [4.78, 5) is 11.8. The third-order valence-electron chi connectivity index (χ3n) is 2.54. The van der Waals surface area contributed by atoms with Gasteiger partial charge in [-0.1, -0.05) is 11.6 Å². The van der Waals surface area contributed by atoms with Crippen LogP contribution in [-0.4, -0.2) is 30.0 Å². The van der Waals surface area contributed by atoms with E-state index in [2.05, 4.69) is 15.5 Å². The van der Waals surface area contributed by atoms with Gasteiger partial charge in [-0.05, 0) is 10.4 Å². The van der Waals surface area contributed by atoms with E-state index in [1.165, 1.54) is 25.6 Å². The highest BCUT2D eigenvalue weighted by Gasteiger charge is 2.19. The Balaban J connectivity index is 1.90. The number of aryl methyl sites for hydroxylation is 1. The highest BCUT2D eigenvalue weighted by Crippen LogP contribution is 2.25. The van der Waals surface area contributed by atoms with E-state index in [1.54, 1.807) is 0 Å². The number of aromatic nitrogens is 6. The van der Waals surface area contributed by atoms with Gasteiger partial charge in [0.25, 0.3) is 0 Å². The van der Waals surface area contributed by atoms with E-state index in [0.717, 1.165) is 14.5 Å². The van der Waals surface area contributed by atoms with Crippen molar-refractivity contribution in [2.45, 2.75) is 6.61 Å². The number of aromatic amines is 1. The smallest absolute Gasteiger partial charge is 0.370 e. The molecule has 3 rings (SSSR count). The van der Waals surface area contributed by atoms with Crippen molar-refractivity contribution in [2.75, 3.05) is 0 Å². The minimum absolute atomic E-state index is 0.00466. The molecule has 0 saturated carbocycles. The van der Waals surface area contributed by atoms with Crippen molar-refractivity contribution in [2.24, 2.45) is 7.05 Å². The Labute approximate surface area is 118 Å². The van der Waals surface area contributed by atoms with Crippen LogP contribution in [0.2, 0.25) is 6.43 Å². The molecule has 0 unspecified atom stereocenters. The Kier molecular flexibility index (Phi) is 2.74. The summed E-state index contributed by atoms with van der Waals surface area (Å²) >= 11 is 6.02. The number of nitrogens with zero attached hydrogens (tertiary/aromatic N) is 5. The van der Waals surface area contributed by atoms with Gasteiger partial charge in [0, 0.05) is 19.3 Å². The van der Waals surface area contributed by atoms with Crippen molar-refractivity contribution in [3.63, 3.8) is 0 Å². The minimum Gasteiger partial charge on any atom is -0.471 e. The van der Waals surface area contributed by atoms with E-state index in [4.69, 9.17) is 22.2 Å². The van der Waals surface area contributed by atoms with Crippen LogP contribution in [0.15, 0.2) is 27.7 Å². The van der Waals surface area contributed by atoms with Gasteiger partial charge in [-0.2, -0.15) is 4.68 Å². The van der Waals surface area contributed by atoms with Crippen molar-refractivity contribution in [3.05, 3.63) is 39.6 Å². The van der Waals surface area contributed by atoms with E-state index in [1.807, 2.05) is 0 Å². The number of nitrogens with one attached hydrogen (secondary N) is 1. The van der Waals surface area contributed by atoms with Crippen molar-refractivity contribution >= 4 is 11.6 Å². The Hall–Kier alpha value is -2.55. The third kappa shape index (κ3) is 2.07. The molecule has 0 amide bonds. The summed E-state index contributed by atoms with van der Waals surface area (Å²) in [7, 11) is 1.47. The van der Waals surface area contributed by atoms with Crippen LogP contribution in [-0.2, 0) is 13.7 Å². The third-order valence-corrected chi connectivity index (χ3v) is 2.86. The van der Waals surface area contributed by atoms with Crippen LogP contribution in [0, 0.1) is 0 Å². The van der Waals surface area contributed by atoms with Crippen LogP contribution in [0.25, 0.3) is 5.88 Å². The molecule has 9 nitrogen and oxygen atoms in total. The van der Waals surface area contributed by atoms with Crippen LogP contribution in [0.1, 0.15) is 5.56 Å². The Morgan fingerprint density at radius 2 is 2.45 bits per heavy atom. The van der Waals surface area contributed by atoms with E-state index >= 15 is 0 Å². The van der Waals surface area contributed by atoms with Crippen molar-refractivity contribution < 1.29 is 10.6 Å². The highest BCUT2D eigenvalue weighted by atomic mass is 35.5. The van der Waals surface area contributed by atoms with Crippen molar-refractivity contribution in [3.8, 4) is 11.8 Å². The van der Waals surface area contributed by atoms with Gasteiger partial charge < -0.3 is 9.15 Å². The molecule has 0 aliphatic carbocycles. The number of hydrogen-bond donors (Lipinski definition) is 1. The number of H-pyrrole nitrogens is 1. The van der Waals surface area contributed by atoms with Crippen LogP contribution >= 0.6 is 11.6 Å². The SMILES string of the molecule is [3H]n1ccc(OCc2c(Cl)coc2-n2nnn(C)c2=O)n1. The Bertz CT molecular complexity index is 834. The molecule has 3 heterocycles. The lowest BCUT2D eigenvalue weighted by molar-refractivity contribution is 0.291. The molecule has 0 bridgehead atoms. The van der Waals surface area contributed by atoms with Crippen LogP contribution in [0.4, 0.5) is 0 Å². The number of rotatable bonds is 4. The largest absolute Gasteiger partial charge is 0.471 e. The molecule has 0 aliphatic rings. The minimum atomic E-state index is -0.474. The standard InChI is InChI=1S/C10H9ClN6O3/c1-16-10(18)17(15-14-16)9-6(7(11)5-20-9)4-19-8-2-3-12-13-8/h2-3,5H,4H2,1H3,(H,12,13)/i/hT. The van der Waals surface area contributed by atoms with Gasteiger partial charge in [0.2, 0.25) is 11.8 Å². The van der Waals surface area contributed by atoms with E-state index in [9.17, 15) is 4.79 Å². The first-order valence-corrected chi connectivity index (χ1v) is 5.87. The number of halogens is 1. The van der Waals surface area contributed by atoms with Crippen molar-refractivity contribution in [1.29, 1.82) is 0 Å². The summed E-state index contributed by atoms with van der Waals surface area (Å²) in [6, 6.07) is 1.52. The predicted octanol–water partition coefficient (Wildman–Crippen LogP) is 0.514. The lowest BCUT2D eigenvalue weighted by Gasteiger charge is -2.02. The number of ether oxygens (including phenoxy) is 1. The molecule has 3 aromatic heterocycles. The number of hydrogen-bond acceptors (Lipinski definition) is 6. The zero-order chi connectivity index (χ0) is 15.0. The summed E-state index contributed by atoms with van der Waals surface area (Å²) in [5.74, 6) is 0.378. The summed E-state index contributed by atoms with van der Waals surface area (Å²) in [6.07, 6.45) is 2.69. The molecular formula is C10H9ClN6O3. The second-order valence-electron chi connectivity index (χ2n) is 3.82. The van der Waals surface area contributed by atoms with Gasteiger partial charge in [0.15, 0.2) is 1.41 Å². The first kappa shape index (κ1) is 11.3. The first-order chi connectivity index (χ1) is 10.1. The molecule has 0 radical (unpaired) electrons. The fourth-order valence-electron chi connectivity index (χ4n) is 1.55. The lowest BCUT2D eigenvalue weighted by Crippen LogP contribution is -2.22. The predicted molar refractivity (Wildman–Crippen MR) is 66.8 cm³/mol. The topological polar surface area (TPSA) is 104 Å². The molecule has 10 heteroatoms. The molecule has 104 valence electrons. The number of furan rings is 1. The maximum atomic E-state index is 11.8. The molecule has 0 saturated heterocycles. The fraction of sp³-hybridized carbons (Fsp3) is 0.200. The average Bonchev–Trinajstić information content (AvgIpc) is 3.11. The van der Waals surface area contributed by atoms with Crippen LogP contribution in [0.3, 0.4) is 0 Å². The molecule has 0 aliphatic heterocycles. The molecular weight excluding hydrogens is 288 g/mol. The maximum Gasteiger partial charge on any atom is 0.370 e. The normalized spacial score (nSPS) is 11.6. The second-order valence-corrected chi connectivity index (χ2v) is 4.23. The van der Waals surface area contributed by atoms with Gasteiger partial charge in [-0.15, -0.1) is 9.78 Å². The average molecular weight is 299 g/mol. The molecule has 0 aromatic carbocycles. The maximum absolute atomic E-state index is 11.8. The Morgan fingerprint density at radius 3 is 3.10 bits per heavy atom. The second kappa shape index (κ2) is 4.85. The fourth-order valence-corrected chi connectivity index (χ4v) is 1.73. The molecule has 1 N–H and O–H groups in total. The summed E-state index contributed by atoms with van der Waals surface area (Å²) < 4.78 is 19.9. The quantitative estimate of drug-likeness (QED) is 0.753. The first-order valence-electron chi connectivity index (χ1n) is 5.94. The van der Waals surface area contributed by atoms with E-state index in [0.29, 0.717) is 5.56 Å². The van der Waals surface area contributed by atoms with Gasteiger partial charge in [-0.3, -0.25) is 5.09 Å². The summed E-state index contributed by atoms with van der Waals surface area (Å²) in [5.41, 5.74) is -0.0449. The van der Waals surface area contributed by atoms with Gasteiger partial charge >= 0.3 is 5.69 Å². The van der Waals surface area contributed by atoms with Crippen LogP contribution in [0.5, 0.6) is 5.88 Å². The molecule has 3 aromatic rings. The van der Waals surface area contributed by atoms with E-state index < -0.39 is 5.69 Å². The van der Waals surface area contributed by atoms with Gasteiger partial charge in [-0.25, -0.2) is 4.79 Å². The van der Waals surface area contributed by atoms with Gasteiger partial charge in [0.05, 0.1) is 10.6 Å². The van der Waals surface area contributed by atoms with Crippen LogP contribution < -0.4 is 10.4 Å². The highest BCUT2D eigenvalue weighted by molar-refractivity contribution is 6.31. The molecule has 0 fully saturated rings. The summed E-state index contributed by atoms with van der Waals surface area (Å²) in [5, 5.41) is 12.2. The molecule has 0 spiro atoms. The lowest BCUT2D eigenvalue weighted by atomic mass is 10.3. The molecule has 0 atom stereocenters. The zero-order valence-electron chi connectivity index (χ0n) is 11.2. The van der Waals surface area contributed by atoms with E-state index in [-0.39, 0.29) is 23.4 Å². The number of tetrazole rings is 1. The van der Waals surface area contributed by atoms with Gasteiger partial charge in [0.1, 0.15) is 12.9 Å². The molecule has 20 heavy (non-hydrogen) atoms. The van der Waals surface area contributed by atoms with Crippen molar-refractivity contribution in [1.82, 2.24) is 30.0 Å². The monoisotopic (exact) mass is 298 g/mol. The summed E-state index contributed by atoms with van der Waals surface area (Å²) in [6.45, 7) is 0.00466.